The summed E-state index contributed by atoms with van der Waals surface area (Å²) in [6.07, 6.45) is 11.2. The first-order valence-electron chi connectivity index (χ1n) is 15.2. The monoisotopic (exact) mass is 606 g/mol. The summed E-state index contributed by atoms with van der Waals surface area (Å²) in [6, 6.07) is 10.2. The third-order valence-corrected chi connectivity index (χ3v) is 8.61. The standard InChI is InChI=1S/C33H34N8O4/c1-40-19-21(15-28-30(42)25-16-22(4-5-27(25)45-28)38-33(44)39-23-3-2-10-34-17-23)29-26(7-12-36-31(29)40)41-13-8-20(9-14-41)32(43)37-24-6-11-35-18-24/h2-5,7,10,12,15-17,19-20,24,35H,6,8-9,11,13-14,18H2,1H3,(H,37,43)(H2,38,39,44)/t24-/m1/s1. The topological polar surface area (TPSA) is 143 Å². The number of benzene rings is 1. The number of pyridine rings is 2. The number of hydrogen-bond donors (Lipinski definition) is 4. The fourth-order valence-corrected chi connectivity index (χ4v) is 6.31. The normalized spacial score (nSPS) is 19.0. The highest BCUT2D eigenvalue weighted by Gasteiger charge is 2.31. The summed E-state index contributed by atoms with van der Waals surface area (Å²) in [5.41, 5.74) is 4.00. The molecule has 12 nitrogen and oxygen atoms in total. The van der Waals surface area contributed by atoms with Crippen molar-refractivity contribution in [3.05, 3.63) is 78.1 Å². The lowest BCUT2D eigenvalue weighted by Gasteiger charge is -2.34. The van der Waals surface area contributed by atoms with Crippen LogP contribution in [-0.4, -0.2) is 64.5 Å². The fraction of sp³-hybridized carbons (Fsp3) is 0.303. The maximum atomic E-state index is 13.5. The molecule has 0 aliphatic carbocycles. The van der Waals surface area contributed by atoms with Gasteiger partial charge in [-0.15, -0.1) is 0 Å². The van der Waals surface area contributed by atoms with Gasteiger partial charge in [-0.05, 0) is 68.3 Å². The van der Waals surface area contributed by atoms with Crippen molar-refractivity contribution >= 4 is 51.9 Å². The number of rotatable bonds is 6. The summed E-state index contributed by atoms with van der Waals surface area (Å²) in [7, 11) is 1.93. The molecule has 45 heavy (non-hydrogen) atoms. The van der Waals surface area contributed by atoms with E-state index in [1.165, 1.54) is 0 Å². The van der Waals surface area contributed by atoms with Crippen LogP contribution in [0.3, 0.4) is 0 Å². The molecular formula is C33H34N8O4. The highest BCUT2D eigenvalue weighted by Crippen LogP contribution is 2.37. The summed E-state index contributed by atoms with van der Waals surface area (Å²) >= 11 is 0. The molecule has 3 aliphatic heterocycles. The third-order valence-electron chi connectivity index (χ3n) is 8.61. The van der Waals surface area contributed by atoms with E-state index in [0.717, 1.165) is 67.7 Å². The van der Waals surface area contributed by atoms with E-state index in [4.69, 9.17) is 4.74 Å². The Balaban J connectivity index is 1.08. The van der Waals surface area contributed by atoms with E-state index in [2.05, 4.69) is 36.1 Å². The largest absolute Gasteiger partial charge is 0.452 e. The van der Waals surface area contributed by atoms with Gasteiger partial charge in [-0.25, -0.2) is 9.78 Å². The van der Waals surface area contributed by atoms with Gasteiger partial charge in [-0.2, -0.15) is 0 Å². The van der Waals surface area contributed by atoms with E-state index in [1.54, 1.807) is 55.0 Å². The lowest BCUT2D eigenvalue weighted by molar-refractivity contribution is -0.126. The first-order valence-corrected chi connectivity index (χ1v) is 15.2. The number of allylic oxidation sites excluding steroid dienone is 1. The average Bonchev–Trinajstić information content (AvgIpc) is 3.76. The number of nitrogens with zero attached hydrogens (tertiary/aromatic N) is 4. The quantitative estimate of drug-likeness (QED) is 0.242. The molecule has 6 heterocycles. The van der Waals surface area contributed by atoms with Gasteiger partial charge in [-0.1, -0.05) is 0 Å². The smallest absolute Gasteiger partial charge is 0.323 e. The molecule has 0 bridgehead atoms. The SMILES string of the molecule is Cn1cc(C=C2Oc3ccc(NC(=O)Nc4cccnc4)cc3C2=O)c2c(N3CCC(C(=O)N[C@@H]4CCNC4)CC3)ccnc21. The third kappa shape index (κ3) is 5.84. The van der Waals surface area contributed by atoms with Crippen LogP contribution < -0.4 is 30.9 Å². The molecule has 7 rings (SSSR count). The number of carbonyl (C=O) groups is 3. The minimum absolute atomic E-state index is 0.000331. The molecule has 1 aromatic carbocycles. The van der Waals surface area contributed by atoms with Gasteiger partial charge >= 0.3 is 6.03 Å². The van der Waals surface area contributed by atoms with Gasteiger partial charge in [0.25, 0.3) is 0 Å². The van der Waals surface area contributed by atoms with E-state index in [-0.39, 0.29) is 29.4 Å². The molecule has 2 saturated heterocycles. The van der Waals surface area contributed by atoms with E-state index in [1.807, 2.05) is 23.9 Å². The van der Waals surface area contributed by atoms with Gasteiger partial charge < -0.3 is 35.5 Å². The molecular weight excluding hydrogens is 572 g/mol. The maximum absolute atomic E-state index is 13.5. The van der Waals surface area contributed by atoms with Crippen molar-refractivity contribution in [3.63, 3.8) is 0 Å². The second-order valence-electron chi connectivity index (χ2n) is 11.7. The molecule has 2 fully saturated rings. The molecule has 4 aromatic rings. The van der Waals surface area contributed by atoms with Crippen molar-refractivity contribution in [1.29, 1.82) is 0 Å². The van der Waals surface area contributed by atoms with Crippen LogP contribution in [0.15, 0.2) is 66.9 Å². The van der Waals surface area contributed by atoms with Gasteiger partial charge in [0.2, 0.25) is 11.7 Å². The summed E-state index contributed by atoms with van der Waals surface area (Å²) in [4.78, 5) is 49.7. The number of piperidine rings is 1. The molecule has 0 radical (unpaired) electrons. The number of amides is 3. The Morgan fingerprint density at radius 1 is 1.07 bits per heavy atom. The van der Waals surface area contributed by atoms with Gasteiger partial charge in [0.15, 0.2) is 5.76 Å². The Labute approximate surface area is 259 Å². The minimum atomic E-state index is -0.448. The highest BCUT2D eigenvalue weighted by atomic mass is 16.5. The lowest BCUT2D eigenvalue weighted by atomic mass is 9.94. The number of nitrogens with one attached hydrogen (secondary N) is 4. The number of fused-ring (bicyclic) bond motifs is 2. The van der Waals surface area contributed by atoms with Crippen LogP contribution >= 0.6 is 0 Å². The van der Waals surface area contributed by atoms with Crippen molar-refractivity contribution in [3.8, 4) is 5.75 Å². The summed E-state index contributed by atoms with van der Waals surface area (Å²) in [5.74, 6) is 0.503. The Hall–Kier alpha value is -5.23. The molecule has 0 spiro atoms. The molecule has 0 saturated carbocycles. The summed E-state index contributed by atoms with van der Waals surface area (Å²) in [6.45, 7) is 3.28. The average molecular weight is 607 g/mol. The number of ether oxygens (including phenoxy) is 1. The number of aromatic nitrogens is 3. The van der Waals surface area contributed by atoms with Crippen LogP contribution in [-0.2, 0) is 11.8 Å². The minimum Gasteiger partial charge on any atom is -0.452 e. The van der Waals surface area contributed by atoms with Gasteiger partial charge in [0.05, 0.1) is 17.4 Å². The first kappa shape index (κ1) is 28.5. The number of ketones is 1. The number of carbonyl (C=O) groups excluding carboxylic acids is 3. The number of hydrogen-bond acceptors (Lipinski definition) is 8. The Morgan fingerprint density at radius 3 is 2.69 bits per heavy atom. The number of urea groups is 1. The van der Waals surface area contributed by atoms with Crippen LogP contribution in [0.2, 0.25) is 0 Å². The van der Waals surface area contributed by atoms with Crippen molar-refractivity contribution in [2.24, 2.45) is 13.0 Å². The highest BCUT2D eigenvalue weighted by molar-refractivity contribution is 6.16. The second kappa shape index (κ2) is 12.0. The maximum Gasteiger partial charge on any atom is 0.323 e. The van der Waals surface area contributed by atoms with Crippen LogP contribution in [0.25, 0.3) is 17.1 Å². The van der Waals surface area contributed by atoms with Crippen molar-refractivity contribution in [2.75, 3.05) is 41.7 Å². The lowest BCUT2D eigenvalue weighted by Crippen LogP contribution is -2.44. The van der Waals surface area contributed by atoms with Crippen LogP contribution in [0.4, 0.5) is 21.9 Å². The number of Topliss-reactive ketones (excluding diaryl/α,β-unsaturated/α-hetero) is 1. The molecule has 1 atom stereocenters. The van der Waals surface area contributed by atoms with Gasteiger partial charge in [0, 0.05) is 79.6 Å². The van der Waals surface area contributed by atoms with Crippen molar-refractivity contribution in [2.45, 2.75) is 25.3 Å². The summed E-state index contributed by atoms with van der Waals surface area (Å²) < 4.78 is 7.94. The first-order chi connectivity index (χ1) is 21.9. The van der Waals surface area contributed by atoms with E-state index in [0.29, 0.717) is 22.7 Å². The molecule has 0 unspecified atom stereocenters. The number of anilines is 3. The van der Waals surface area contributed by atoms with E-state index in [9.17, 15) is 14.4 Å². The Kier molecular flexibility index (Phi) is 7.64. The second-order valence-corrected chi connectivity index (χ2v) is 11.7. The summed E-state index contributed by atoms with van der Waals surface area (Å²) in [5, 5.41) is 12.9. The van der Waals surface area contributed by atoms with Crippen LogP contribution in [0, 0.1) is 5.92 Å². The zero-order chi connectivity index (χ0) is 30.9. The molecule has 4 N–H and O–H groups in total. The molecule has 12 heteroatoms. The predicted octanol–water partition coefficient (Wildman–Crippen LogP) is 3.92. The van der Waals surface area contributed by atoms with E-state index < -0.39 is 6.03 Å². The van der Waals surface area contributed by atoms with Gasteiger partial charge in [0.1, 0.15) is 11.4 Å². The zero-order valence-electron chi connectivity index (χ0n) is 24.9. The fourth-order valence-electron chi connectivity index (χ4n) is 6.31. The number of aryl methyl sites for hydroxylation is 1. The zero-order valence-corrected chi connectivity index (χ0v) is 24.9. The molecule has 3 amide bonds. The van der Waals surface area contributed by atoms with Gasteiger partial charge in [-0.3, -0.25) is 14.6 Å². The predicted molar refractivity (Wildman–Crippen MR) is 171 cm³/mol. The Morgan fingerprint density at radius 2 is 1.91 bits per heavy atom. The Bertz CT molecular complexity index is 1800. The van der Waals surface area contributed by atoms with Crippen LogP contribution in [0.5, 0.6) is 5.75 Å². The molecule has 3 aromatic heterocycles. The van der Waals surface area contributed by atoms with Crippen molar-refractivity contribution < 1.29 is 19.1 Å². The molecule has 230 valence electrons. The van der Waals surface area contributed by atoms with Crippen molar-refractivity contribution in [1.82, 2.24) is 25.2 Å². The van der Waals surface area contributed by atoms with E-state index >= 15 is 0 Å². The molecule has 3 aliphatic rings. The van der Waals surface area contributed by atoms with Crippen LogP contribution in [0.1, 0.15) is 35.2 Å².